The van der Waals surface area contributed by atoms with Gasteiger partial charge in [0.2, 0.25) is 0 Å². The molecule has 1 aromatic rings. The highest BCUT2D eigenvalue weighted by Gasteiger charge is 2.25. The number of aromatic nitrogens is 1. The number of carbonyl (C=O) groups is 1. The predicted molar refractivity (Wildman–Crippen MR) is 76.5 cm³/mol. The molecular formula is C12H20ClN3OS. The number of likely N-dealkylation sites (tertiary alicyclic amines) is 1. The van der Waals surface area contributed by atoms with Crippen LogP contribution in [0.3, 0.4) is 0 Å². The van der Waals surface area contributed by atoms with E-state index in [4.69, 9.17) is 5.73 Å². The van der Waals surface area contributed by atoms with Gasteiger partial charge in [-0.3, -0.25) is 4.79 Å². The molecule has 2 rings (SSSR count). The average Bonchev–Trinajstić information content (AvgIpc) is 2.78. The second kappa shape index (κ2) is 7.07. The van der Waals surface area contributed by atoms with Crippen molar-refractivity contribution in [3.63, 3.8) is 0 Å². The average molecular weight is 290 g/mol. The van der Waals surface area contributed by atoms with Crippen LogP contribution in [0, 0.1) is 0 Å². The number of carbonyl (C=O) groups excluding carboxylic acids is 1. The summed E-state index contributed by atoms with van der Waals surface area (Å²) in [5, 5.41) is 2.81. The first-order valence-corrected chi connectivity index (χ1v) is 7.05. The summed E-state index contributed by atoms with van der Waals surface area (Å²) in [6, 6.07) is 0.343. The Kier molecular flexibility index (Phi) is 6.05. The Morgan fingerprint density at radius 3 is 3.06 bits per heavy atom. The van der Waals surface area contributed by atoms with E-state index in [0.29, 0.717) is 18.3 Å². The Balaban J connectivity index is 0.00000162. The van der Waals surface area contributed by atoms with E-state index in [1.54, 1.807) is 0 Å². The van der Waals surface area contributed by atoms with Gasteiger partial charge in [-0.15, -0.1) is 23.7 Å². The summed E-state index contributed by atoms with van der Waals surface area (Å²) in [5.74, 6) is 0.0803. The number of hydrogen-bond acceptors (Lipinski definition) is 4. The van der Waals surface area contributed by atoms with Crippen molar-refractivity contribution in [2.75, 3.05) is 13.1 Å². The fourth-order valence-corrected chi connectivity index (χ4v) is 2.98. The standard InChI is InChI=1S/C12H19N3OS.ClH/c1-9-4-2-3-7-15(9)12(16)10-8-17-11(14-10)5-6-13;/h8-9H,2-7,13H2,1H3;1H. The Bertz CT molecular complexity index is 396. The zero-order valence-corrected chi connectivity index (χ0v) is 12.2. The van der Waals surface area contributed by atoms with Crippen LogP contribution < -0.4 is 5.73 Å². The van der Waals surface area contributed by atoms with E-state index in [-0.39, 0.29) is 18.3 Å². The van der Waals surface area contributed by atoms with Crippen LogP contribution in [0.5, 0.6) is 0 Å². The van der Waals surface area contributed by atoms with Crippen LogP contribution in [0.2, 0.25) is 0 Å². The van der Waals surface area contributed by atoms with Gasteiger partial charge in [0.05, 0.1) is 5.01 Å². The van der Waals surface area contributed by atoms with Gasteiger partial charge < -0.3 is 10.6 Å². The number of piperidine rings is 1. The van der Waals surface area contributed by atoms with E-state index in [2.05, 4.69) is 11.9 Å². The van der Waals surface area contributed by atoms with E-state index < -0.39 is 0 Å². The Morgan fingerprint density at radius 2 is 2.39 bits per heavy atom. The van der Waals surface area contributed by atoms with Crippen molar-refractivity contribution in [3.8, 4) is 0 Å². The van der Waals surface area contributed by atoms with Crippen molar-refractivity contribution in [2.24, 2.45) is 5.73 Å². The number of halogens is 1. The first kappa shape index (κ1) is 15.4. The van der Waals surface area contributed by atoms with Crippen molar-refractivity contribution in [3.05, 3.63) is 16.1 Å². The molecule has 1 amide bonds. The zero-order chi connectivity index (χ0) is 12.3. The molecule has 0 saturated carbocycles. The lowest BCUT2D eigenvalue weighted by atomic mass is 10.0. The second-order valence-electron chi connectivity index (χ2n) is 4.51. The molecule has 1 aliphatic heterocycles. The molecule has 1 atom stereocenters. The lowest BCUT2D eigenvalue weighted by molar-refractivity contribution is 0.0630. The molecular weight excluding hydrogens is 270 g/mol. The third-order valence-corrected chi connectivity index (χ3v) is 4.10. The molecule has 1 aromatic heterocycles. The van der Waals surface area contributed by atoms with Crippen LogP contribution in [0.15, 0.2) is 5.38 Å². The Morgan fingerprint density at radius 1 is 1.61 bits per heavy atom. The summed E-state index contributed by atoms with van der Waals surface area (Å²) < 4.78 is 0. The molecule has 18 heavy (non-hydrogen) atoms. The highest BCUT2D eigenvalue weighted by atomic mass is 35.5. The maximum atomic E-state index is 12.3. The van der Waals surface area contributed by atoms with Gasteiger partial charge in [-0.2, -0.15) is 0 Å². The van der Waals surface area contributed by atoms with E-state index in [9.17, 15) is 4.79 Å². The van der Waals surface area contributed by atoms with Crippen molar-refractivity contribution in [2.45, 2.75) is 38.6 Å². The van der Waals surface area contributed by atoms with Crippen LogP contribution in [-0.4, -0.2) is 34.9 Å². The molecule has 2 N–H and O–H groups in total. The molecule has 6 heteroatoms. The Hall–Kier alpha value is -0.650. The highest BCUT2D eigenvalue weighted by Crippen LogP contribution is 2.20. The van der Waals surface area contributed by atoms with Crippen LogP contribution in [0.25, 0.3) is 0 Å². The van der Waals surface area contributed by atoms with Crippen LogP contribution >= 0.6 is 23.7 Å². The maximum Gasteiger partial charge on any atom is 0.273 e. The van der Waals surface area contributed by atoms with Crippen LogP contribution in [0.4, 0.5) is 0 Å². The molecule has 0 bridgehead atoms. The summed E-state index contributed by atoms with van der Waals surface area (Å²) in [6.45, 7) is 3.56. The number of nitrogens with two attached hydrogens (primary N) is 1. The molecule has 2 heterocycles. The number of thiazole rings is 1. The van der Waals surface area contributed by atoms with Gasteiger partial charge in [0.25, 0.3) is 5.91 Å². The maximum absolute atomic E-state index is 12.3. The van der Waals surface area contributed by atoms with Gasteiger partial charge in [-0.1, -0.05) is 0 Å². The summed E-state index contributed by atoms with van der Waals surface area (Å²) in [5.41, 5.74) is 6.07. The van der Waals surface area contributed by atoms with Crippen LogP contribution in [0.1, 0.15) is 41.7 Å². The fourth-order valence-electron chi connectivity index (χ4n) is 2.19. The smallest absolute Gasteiger partial charge is 0.273 e. The topological polar surface area (TPSA) is 59.2 Å². The third-order valence-electron chi connectivity index (χ3n) is 3.19. The van der Waals surface area contributed by atoms with Crippen LogP contribution in [-0.2, 0) is 6.42 Å². The van der Waals surface area contributed by atoms with Gasteiger partial charge in [0, 0.05) is 24.4 Å². The van der Waals surface area contributed by atoms with Crippen molar-refractivity contribution in [1.82, 2.24) is 9.88 Å². The fraction of sp³-hybridized carbons (Fsp3) is 0.667. The largest absolute Gasteiger partial charge is 0.335 e. The summed E-state index contributed by atoms with van der Waals surface area (Å²) in [7, 11) is 0. The highest BCUT2D eigenvalue weighted by molar-refractivity contribution is 7.09. The number of rotatable bonds is 3. The summed E-state index contributed by atoms with van der Waals surface area (Å²) >= 11 is 1.53. The molecule has 0 aliphatic carbocycles. The molecule has 1 aliphatic rings. The molecule has 1 fully saturated rings. The quantitative estimate of drug-likeness (QED) is 0.927. The molecule has 4 nitrogen and oxygen atoms in total. The molecule has 1 saturated heterocycles. The minimum atomic E-state index is 0. The first-order valence-electron chi connectivity index (χ1n) is 6.18. The summed E-state index contributed by atoms with van der Waals surface area (Å²) in [6.07, 6.45) is 4.19. The minimum absolute atomic E-state index is 0. The lowest BCUT2D eigenvalue weighted by Crippen LogP contribution is -2.42. The minimum Gasteiger partial charge on any atom is -0.335 e. The van der Waals surface area contributed by atoms with E-state index >= 15 is 0 Å². The number of nitrogens with zero attached hydrogens (tertiary/aromatic N) is 2. The third kappa shape index (κ3) is 3.43. The van der Waals surface area contributed by atoms with Crippen molar-refractivity contribution < 1.29 is 4.79 Å². The normalized spacial score (nSPS) is 19.4. The van der Waals surface area contributed by atoms with Gasteiger partial charge in [-0.05, 0) is 32.7 Å². The molecule has 1 unspecified atom stereocenters. The van der Waals surface area contributed by atoms with Gasteiger partial charge in [0.15, 0.2) is 0 Å². The number of hydrogen-bond donors (Lipinski definition) is 1. The van der Waals surface area contributed by atoms with Gasteiger partial charge in [0.1, 0.15) is 5.69 Å². The summed E-state index contributed by atoms with van der Waals surface area (Å²) in [4.78, 5) is 18.6. The first-order chi connectivity index (χ1) is 8.22. The molecule has 102 valence electrons. The van der Waals surface area contributed by atoms with E-state index in [1.165, 1.54) is 17.8 Å². The lowest BCUT2D eigenvalue weighted by Gasteiger charge is -2.32. The Labute approximate surface area is 118 Å². The zero-order valence-electron chi connectivity index (χ0n) is 10.6. The monoisotopic (exact) mass is 289 g/mol. The SMILES string of the molecule is CC1CCCCN1C(=O)c1csc(CCN)n1.Cl. The van der Waals surface area contributed by atoms with Crippen molar-refractivity contribution in [1.29, 1.82) is 0 Å². The second-order valence-corrected chi connectivity index (χ2v) is 5.45. The van der Waals surface area contributed by atoms with Crippen molar-refractivity contribution >= 4 is 29.7 Å². The van der Waals surface area contributed by atoms with Gasteiger partial charge >= 0.3 is 0 Å². The van der Waals surface area contributed by atoms with E-state index in [0.717, 1.165) is 30.8 Å². The predicted octanol–water partition coefficient (Wildman–Crippen LogP) is 2.08. The molecule has 0 aromatic carbocycles. The molecule has 0 spiro atoms. The van der Waals surface area contributed by atoms with Gasteiger partial charge in [-0.25, -0.2) is 4.98 Å². The number of amides is 1. The molecule has 0 radical (unpaired) electrons. The van der Waals surface area contributed by atoms with E-state index in [1.807, 2.05) is 10.3 Å².